The second-order valence-corrected chi connectivity index (χ2v) is 5.05. The summed E-state index contributed by atoms with van der Waals surface area (Å²) in [6.07, 6.45) is 1.13. The molecule has 114 valence electrons. The van der Waals surface area contributed by atoms with Gasteiger partial charge in [0.2, 0.25) is 0 Å². The van der Waals surface area contributed by atoms with Crippen LogP contribution in [0.4, 0.5) is 0 Å². The van der Waals surface area contributed by atoms with Crippen LogP contribution in [0.1, 0.15) is 41.5 Å². The second-order valence-electron chi connectivity index (χ2n) is 4.64. The fourth-order valence-corrected chi connectivity index (χ4v) is 2.31. The van der Waals surface area contributed by atoms with Gasteiger partial charge in [0.05, 0.1) is 16.1 Å². The molecule has 0 bridgehead atoms. The summed E-state index contributed by atoms with van der Waals surface area (Å²) in [5.74, 6) is -2.80. The van der Waals surface area contributed by atoms with Gasteiger partial charge in [0.1, 0.15) is 5.75 Å². The number of carbonyl (C=O) groups excluding carboxylic acids is 4. The predicted octanol–water partition coefficient (Wildman–Crippen LogP) is 2.52. The third-order valence-corrected chi connectivity index (χ3v) is 3.16. The molecule has 0 fully saturated rings. The third-order valence-electron chi connectivity index (χ3n) is 2.88. The maximum atomic E-state index is 12.3. The third kappa shape index (κ3) is 2.78. The molecule has 0 N–H and O–H groups in total. The van der Waals surface area contributed by atoms with E-state index in [1.165, 1.54) is 13.0 Å². The minimum Gasteiger partial charge on any atom is -0.426 e. The Bertz CT molecular complexity index is 760. The quantitative estimate of drug-likeness (QED) is 0.614. The largest absolute Gasteiger partial charge is 0.426 e. The van der Waals surface area contributed by atoms with Crippen LogP contribution in [0.3, 0.4) is 0 Å². The van der Waals surface area contributed by atoms with Gasteiger partial charge in [-0.05, 0) is 13.0 Å². The predicted molar refractivity (Wildman–Crippen MR) is 76.5 cm³/mol. The number of ether oxygens (including phenoxy) is 2. The van der Waals surface area contributed by atoms with Crippen LogP contribution >= 0.6 is 11.6 Å². The lowest BCUT2D eigenvalue weighted by atomic mass is 9.88. The van der Waals surface area contributed by atoms with E-state index < -0.39 is 23.5 Å². The van der Waals surface area contributed by atoms with E-state index in [1.807, 2.05) is 0 Å². The lowest BCUT2D eigenvalue weighted by Gasteiger charge is -2.19. The smallest absolute Gasteiger partial charge is 0.308 e. The Morgan fingerprint density at radius 3 is 2.18 bits per heavy atom. The number of ketones is 2. The SMILES string of the molecule is CC(=O)Oc1cc(Cl)c(OC(C)=O)c2c1C(=O)C=C(C)C2=O. The van der Waals surface area contributed by atoms with Gasteiger partial charge in [0.25, 0.3) is 0 Å². The van der Waals surface area contributed by atoms with E-state index in [0.717, 1.165) is 19.9 Å². The molecule has 22 heavy (non-hydrogen) atoms. The number of hydrogen-bond donors (Lipinski definition) is 0. The topological polar surface area (TPSA) is 86.7 Å². The lowest BCUT2D eigenvalue weighted by Crippen LogP contribution is -2.20. The number of halogens is 1. The number of esters is 2. The Labute approximate surface area is 130 Å². The molecule has 1 aromatic rings. The van der Waals surface area contributed by atoms with Gasteiger partial charge in [-0.3, -0.25) is 19.2 Å². The van der Waals surface area contributed by atoms with Crippen LogP contribution in [0.15, 0.2) is 17.7 Å². The van der Waals surface area contributed by atoms with Gasteiger partial charge in [-0.25, -0.2) is 0 Å². The Balaban J connectivity index is 2.80. The number of hydrogen-bond acceptors (Lipinski definition) is 6. The highest BCUT2D eigenvalue weighted by molar-refractivity contribution is 6.35. The molecule has 0 saturated heterocycles. The summed E-state index contributed by atoms with van der Waals surface area (Å²) in [4.78, 5) is 46.9. The first-order valence-corrected chi connectivity index (χ1v) is 6.60. The van der Waals surface area contributed by atoms with Crippen molar-refractivity contribution in [3.05, 3.63) is 33.9 Å². The second kappa shape index (κ2) is 5.73. The molecule has 0 unspecified atom stereocenters. The highest BCUT2D eigenvalue weighted by Gasteiger charge is 2.33. The summed E-state index contributed by atoms with van der Waals surface area (Å²) in [6.45, 7) is 3.74. The Kier molecular flexibility index (Phi) is 4.14. The summed E-state index contributed by atoms with van der Waals surface area (Å²) >= 11 is 6.00. The minimum atomic E-state index is -0.697. The molecule has 0 atom stereocenters. The van der Waals surface area contributed by atoms with Gasteiger partial charge in [-0.2, -0.15) is 0 Å². The van der Waals surface area contributed by atoms with Gasteiger partial charge in [-0.15, -0.1) is 0 Å². The lowest BCUT2D eigenvalue weighted by molar-refractivity contribution is -0.133. The van der Waals surface area contributed by atoms with Crippen LogP contribution in [-0.2, 0) is 9.59 Å². The van der Waals surface area contributed by atoms with Gasteiger partial charge < -0.3 is 9.47 Å². The molecule has 0 aliphatic heterocycles. The van der Waals surface area contributed by atoms with Crippen LogP contribution in [0, 0.1) is 0 Å². The van der Waals surface area contributed by atoms with Crippen molar-refractivity contribution in [2.24, 2.45) is 0 Å². The first kappa shape index (κ1) is 15.9. The monoisotopic (exact) mass is 322 g/mol. The van der Waals surface area contributed by atoms with Crippen molar-refractivity contribution in [1.82, 2.24) is 0 Å². The fraction of sp³-hybridized carbons (Fsp3) is 0.200. The number of benzene rings is 1. The molecule has 1 aliphatic rings. The zero-order valence-corrected chi connectivity index (χ0v) is 12.7. The van der Waals surface area contributed by atoms with E-state index in [9.17, 15) is 19.2 Å². The van der Waals surface area contributed by atoms with Crippen molar-refractivity contribution in [2.75, 3.05) is 0 Å². The average Bonchev–Trinajstić information content (AvgIpc) is 2.37. The number of rotatable bonds is 2. The molecule has 0 aromatic heterocycles. The van der Waals surface area contributed by atoms with Gasteiger partial charge in [-0.1, -0.05) is 11.6 Å². The highest BCUT2D eigenvalue weighted by atomic mass is 35.5. The molecular formula is C15H11ClO6. The first-order valence-electron chi connectivity index (χ1n) is 6.23. The van der Waals surface area contributed by atoms with E-state index in [1.54, 1.807) is 0 Å². The standard InChI is InChI=1S/C15H11ClO6/c1-6-4-10(19)12-11(21-7(2)17)5-9(16)15(22-8(3)18)13(12)14(6)20/h4-5H,1-3H3. The van der Waals surface area contributed by atoms with E-state index >= 15 is 0 Å². The molecule has 0 amide bonds. The molecule has 1 aliphatic carbocycles. The van der Waals surface area contributed by atoms with Crippen molar-refractivity contribution in [2.45, 2.75) is 20.8 Å². The van der Waals surface area contributed by atoms with Crippen LogP contribution < -0.4 is 9.47 Å². The Morgan fingerprint density at radius 2 is 1.64 bits per heavy atom. The summed E-state index contributed by atoms with van der Waals surface area (Å²) in [6, 6.07) is 1.17. The molecule has 2 rings (SSSR count). The zero-order chi connectivity index (χ0) is 16.6. The first-order chi connectivity index (χ1) is 10.2. The van der Waals surface area contributed by atoms with Crippen LogP contribution in [0.2, 0.25) is 5.02 Å². The molecule has 0 heterocycles. The molecule has 6 nitrogen and oxygen atoms in total. The highest BCUT2D eigenvalue weighted by Crippen LogP contribution is 2.41. The Hall–Kier alpha value is -2.47. The van der Waals surface area contributed by atoms with E-state index in [-0.39, 0.29) is 33.2 Å². The summed E-state index contributed by atoms with van der Waals surface area (Å²) in [5.41, 5.74) is -0.155. The van der Waals surface area contributed by atoms with Crippen LogP contribution in [-0.4, -0.2) is 23.5 Å². The maximum absolute atomic E-state index is 12.3. The molecule has 0 radical (unpaired) electrons. The van der Waals surface area contributed by atoms with E-state index in [0.29, 0.717) is 0 Å². The maximum Gasteiger partial charge on any atom is 0.308 e. The fourth-order valence-electron chi connectivity index (χ4n) is 2.08. The van der Waals surface area contributed by atoms with Crippen molar-refractivity contribution in [3.63, 3.8) is 0 Å². The summed E-state index contributed by atoms with van der Waals surface area (Å²) in [5, 5.41) is -0.110. The molecular weight excluding hydrogens is 312 g/mol. The number of fused-ring (bicyclic) bond motifs is 1. The van der Waals surface area contributed by atoms with E-state index in [2.05, 4.69) is 0 Å². The summed E-state index contributed by atoms with van der Waals surface area (Å²) < 4.78 is 9.90. The molecule has 1 aromatic carbocycles. The minimum absolute atomic E-state index is 0.110. The number of carbonyl (C=O) groups is 4. The summed E-state index contributed by atoms with van der Waals surface area (Å²) in [7, 11) is 0. The van der Waals surface area contributed by atoms with Crippen molar-refractivity contribution in [3.8, 4) is 11.5 Å². The van der Waals surface area contributed by atoms with Gasteiger partial charge in [0, 0.05) is 25.5 Å². The average molecular weight is 323 g/mol. The van der Waals surface area contributed by atoms with Gasteiger partial charge in [0.15, 0.2) is 17.3 Å². The number of Topliss-reactive ketones (excluding diaryl/α,β-unsaturated/α-hetero) is 1. The van der Waals surface area contributed by atoms with Crippen molar-refractivity contribution < 1.29 is 28.7 Å². The number of allylic oxidation sites excluding steroid dienone is 2. The van der Waals surface area contributed by atoms with Crippen LogP contribution in [0.25, 0.3) is 0 Å². The zero-order valence-electron chi connectivity index (χ0n) is 12.0. The molecule has 0 spiro atoms. The molecule has 7 heteroatoms. The van der Waals surface area contributed by atoms with E-state index in [4.69, 9.17) is 21.1 Å². The van der Waals surface area contributed by atoms with Crippen molar-refractivity contribution >= 4 is 35.1 Å². The van der Waals surface area contributed by atoms with Crippen LogP contribution in [0.5, 0.6) is 11.5 Å². The Morgan fingerprint density at radius 1 is 1.05 bits per heavy atom. The normalized spacial score (nSPS) is 13.4. The van der Waals surface area contributed by atoms with Gasteiger partial charge >= 0.3 is 11.9 Å². The molecule has 0 saturated carbocycles. The van der Waals surface area contributed by atoms with Crippen molar-refractivity contribution in [1.29, 1.82) is 0 Å².